The van der Waals surface area contributed by atoms with Crippen LogP contribution in [0.5, 0.6) is 5.75 Å². The van der Waals surface area contributed by atoms with Crippen molar-refractivity contribution in [1.29, 1.82) is 0 Å². The fourth-order valence-corrected chi connectivity index (χ4v) is 2.11. The molecular formula is C15H20ClF2N3O. The van der Waals surface area contributed by atoms with Crippen LogP contribution in [0.15, 0.2) is 30.5 Å². The highest BCUT2D eigenvalue weighted by Crippen LogP contribution is 2.18. The molecule has 2 aromatic rings. The van der Waals surface area contributed by atoms with Crippen molar-refractivity contribution in [3.8, 4) is 5.75 Å². The normalized spacial score (nSPS) is 12.1. The van der Waals surface area contributed by atoms with Crippen LogP contribution < -0.4 is 10.1 Å². The lowest BCUT2D eigenvalue weighted by Gasteiger charge is -2.14. The highest BCUT2D eigenvalue weighted by atomic mass is 35.5. The number of halogens is 3. The van der Waals surface area contributed by atoms with Gasteiger partial charge in [0.25, 0.3) is 0 Å². The van der Waals surface area contributed by atoms with Gasteiger partial charge < -0.3 is 10.1 Å². The summed E-state index contributed by atoms with van der Waals surface area (Å²) in [5.74, 6) is 0.171. The number of hydrogen-bond acceptors (Lipinski definition) is 3. The molecular weight excluding hydrogens is 312 g/mol. The maximum absolute atomic E-state index is 12.1. The van der Waals surface area contributed by atoms with Crippen LogP contribution in [0, 0.1) is 6.92 Å². The first-order chi connectivity index (χ1) is 9.97. The van der Waals surface area contributed by atoms with Crippen LogP contribution >= 0.6 is 12.4 Å². The van der Waals surface area contributed by atoms with Gasteiger partial charge in [0.2, 0.25) is 0 Å². The molecule has 0 saturated carbocycles. The van der Waals surface area contributed by atoms with Crippen LogP contribution in [0.4, 0.5) is 8.78 Å². The zero-order valence-corrected chi connectivity index (χ0v) is 13.5. The average molecular weight is 332 g/mol. The third-order valence-corrected chi connectivity index (χ3v) is 3.50. The molecule has 0 bridgehead atoms. The Bertz CT molecular complexity index is 587. The summed E-state index contributed by atoms with van der Waals surface area (Å²) in [6, 6.07) is 6.80. The van der Waals surface area contributed by atoms with Gasteiger partial charge in [0.05, 0.1) is 6.20 Å². The van der Waals surface area contributed by atoms with E-state index in [1.54, 1.807) is 24.3 Å². The number of aryl methyl sites for hydroxylation is 1. The van der Waals surface area contributed by atoms with Crippen LogP contribution in [0.3, 0.4) is 0 Å². The monoisotopic (exact) mass is 331 g/mol. The molecule has 22 heavy (non-hydrogen) atoms. The number of alkyl halides is 2. The molecule has 7 heteroatoms. The molecule has 0 radical (unpaired) electrons. The second-order valence-electron chi connectivity index (χ2n) is 4.93. The molecule has 1 heterocycles. The van der Waals surface area contributed by atoms with E-state index in [1.165, 1.54) is 0 Å². The van der Waals surface area contributed by atoms with Crippen molar-refractivity contribution in [2.75, 3.05) is 0 Å². The SMILES string of the molecule is Cc1c(C(C)NCc2ccc(OC(F)F)cc2)cnn1C.Cl. The standard InChI is InChI=1S/C15H19F2N3O.ClH/c1-10(14-9-19-20(3)11(14)2)18-8-12-4-6-13(7-5-12)21-15(16)17;/h4-7,9-10,15,18H,8H2,1-3H3;1H. The lowest BCUT2D eigenvalue weighted by Crippen LogP contribution is -2.18. The molecule has 2 rings (SSSR count). The van der Waals surface area contributed by atoms with E-state index in [0.717, 1.165) is 16.8 Å². The zero-order valence-electron chi connectivity index (χ0n) is 12.7. The van der Waals surface area contributed by atoms with Crippen molar-refractivity contribution >= 4 is 12.4 Å². The number of ether oxygens (including phenoxy) is 1. The molecule has 122 valence electrons. The summed E-state index contributed by atoms with van der Waals surface area (Å²) < 4.78 is 30.3. The Kier molecular flexibility index (Phi) is 6.77. The topological polar surface area (TPSA) is 39.1 Å². The molecule has 0 aliphatic carbocycles. The summed E-state index contributed by atoms with van der Waals surface area (Å²) in [6.45, 7) is 1.95. The molecule has 1 aromatic heterocycles. The maximum Gasteiger partial charge on any atom is 0.387 e. The molecule has 0 aliphatic rings. The zero-order chi connectivity index (χ0) is 15.4. The van der Waals surface area contributed by atoms with Gasteiger partial charge in [0.1, 0.15) is 5.75 Å². The van der Waals surface area contributed by atoms with E-state index >= 15 is 0 Å². The second kappa shape index (κ2) is 8.10. The van der Waals surface area contributed by atoms with Crippen LogP contribution in [0.1, 0.15) is 29.8 Å². The van der Waals surface area contributed by atoms with E-state index in [0.29, 0.717) is 6.54 Å². The molecule has 1 aromatic carbocycles. The molecule has 0 fully saturated rings. The Labute approximate surface area is 134 Å². The molecule has 0 spiro atoms. The summed E-state index contributed by atoms with van der Waals surface area (Å²) in [6.07, 6.45) is 1.85. The third kappa shape index (κ3) is 4.68. The fourth-order valence-electron chi connectivity index (χ4n) is 2.11. The maximum atomic E-state index is 12.1. The summed E-state index contributed by atoms with van der Waals surface area (Å²) in [5.41, 5.74) is 3.27. The van der Waals surface area contributed by atoms with Gasteiger partial charge in [0.15, 0.2) is 0 Å². The fraction of sp³-hybridized carbons (Fsp3) is 0.400. The Morgan fingerprint density at radius 2 is 1.91 bits per heavy atom. The van der Waals surface area contributed by atoms with Crippen molar-refractivity contribution in [3.05, 3.63) is 47.3 Å². The Morgan fingerprint density at radius 3 is 2.41 bits per heavy atom. The van der Waals surface area contributed by atoms with Gasteiger partial charge in [-0.25, -0.2) is 0 Å². The molecule has 1 atom stereocenters. The van der Waals surface area contributed by atoms with Gasteiger partial charge >= 0.3 is 6.61 Å². The van der Waals surface area contributed by atoms with Gasteiger partial charge in [-0.15, -0.1) is 12.4 Å². The molecule has 1 unspecified atom stereocenters. The quantitative estimate of drug-likeness (QED) is 0.879. The second-order valence-corrected chi connectivity index (χ2v) is 4.93. The van der Waals surface area contributed by atoms with Crippen molar-refractivity contribution in [3.63, 3.8) is 0 Å². The van der Waals surface area contributed by atoms with Gasteiger partial charge in [-0.2, -0.15) is 13.9 Å². The van der Waals surface area contributed by atoms with E-state index in [-0.39, 0.29) is 24.2 Å². The minimum Gasteiger partial charge on any atom is -0.435 e. The number of benzene rings is 1. The molecule has 1 N–H and O–H groups in total. The Hall–Kier alpha value is -1.66. The minimum absolute atomic E-state index is 0. The third-order valence-electron chi connectivity index (χ3n) is 3.50. The Morgan fingerprint density at radius 1 is 1.27 bits per heavy atom. The lowest BCUT2D eigenvalue weighted by molar-refractivity contribution is -0.0498. The number of rotatable bonds is 6. The highest BCUT2D eigenvalue weighted by molar-refractivity contribution is 5.85. The first kappa shape index (κ1) is 18.4. The van der Waals surface area contributed by atoms with Gasteiger partial charge in [-0.1, -0.05) is 12.1 Å². The molecule has 0 aliphatic heterocycles. The van der Waals surface area contributed by atoms with Crippen molar-refractivity contribution in [2.45, 2.75) is 33.0 Å². The summed E-state index contributed by atoms with van der Waals surface area (Å²) in [7, 11) is 1.91. The first-order valence-corrected chi connectivity index (χ1v) is 6.73. The average Bonchev–Trinajstić information content (AvgIpc) is 2.77. The van der Waals surface area contributed by atoms with Crippen LogP contribution in [0.25, 0.3) is 0 Å². The van der Waals surface area contributed by atoms with Gasteiger partial charge in [-0.3, -0.25) is 4.68 Å². The van der Waals surface area contributed by atoms with Crippen LogP contribution in [0.2, 0.25) is 0 Å². The summed E-state index contributed by atoms with van der Waals surface area (Å²) in [4.78, 5) is 0. The minimum atomic E-state index is -2.79. The van der Waals surface area contributed by atoms with Crippen molar-refractivity contribution in [1.82, 2.24) is 15.1 Å². The van der Waals surface area contributed by atoms with Gasteiger partial charge in [0, 0.05) is 30.9 Å². The predicted octanol–water partition coefficient (Wildman–Crippen LogP) is 3.60. The number of nitrogens with zero attached hydrogens (tertiary/aromatic N) is 2. The van der Waals surface area contributed by atoms with E-state index in [1.807, 2.05) is 24.9 Å². The largest absolute Gasteiger partial charge is 0.435 e. The molecule has 0 amide bonds. The molecule has 4 nitrogen and oxygen atoms in total. The van der Waals surface area contributed by atoms with E-state index < -0.39 is 6.61 Å². The summed E-state index contributed by atoms with van der Waals surface area (Å²) in [5, 5.41) is 7.61. The van der Waals surface area contributed by atoms with Crippen LogP contribution in [-0.2, 0) is 13.6 Å². The molecule has 0 saturated heterocycles. The van der Waals surface area contributed by atoms with E-state index in [2.05, 4.69) is 22.1 Å². The van der Waals surface area contributed by atoms with E-state index in [4.69, 9.17) is 0 Å². The summed E-state index contributed by atoms with van der Waals surface area (Å²) >= 11 is 0. The number of nitrogens with one attached hydrogen (secondary N) is 1. The van der Waals surface area contributed by atoms with Crippen molar-refractivity contribution < 1.29 is 13.5 Å². The highest BCUT2D eigenvalue weighted by Gasteiger charge is 2.11. The van der Waals surface area contributed by atoms with E-state index in [9.17, 15) is 8.78 Å². The van der Waals surface area contributed by atoms with Crippen LogP contribution in [-0.4, -0.2) is 16.4 Å². The Balaban J connectivity index is 0.00000242. The number of hydrogen-bond donors (Lipinski definition) is 1. The smallest absolute Gasteiger partial charge is 0.387 e. The number of aromatic nitrogens is 2. The predicted molar refractivity (Wildman–Crippen MR) is 83.5 cm³/mol. The first-order valence-electron chi connectivity index (χ1n) is 6.73. The van der Waals surface area contributed by atoms with Crippen molar-refractivity contribution in [2.24, 2.45) is 7.05 Å². The lowest BCUT2D eigenvalue weighted by atomic mass is 10.1. The van der Waals surface area contributed by atoms with Gasteiger partial charge in [-0.05, 0) is 31.5 Å².